The molecule has 0 aliphatic rings. The van der Waals surface area contributed by atoms with Crippen LogP contribution < -0.4 is 10.5 Å². The molecule has 0 aliphatic carbocycles. The largest absolute Gasteiger partial charge is 0.494 e. The predicted octanol–water partition coefficient (Wildman–Crippen LogP) is 1.55. The van der Waals surface area contributed by atoms with Crippen LogP contribution in [0, 0.1) is 0 Å². The van der Waals surface area contributed by atoms with Crippen molar-refractivity contribution < 1.29 is 4.74 Å². The SMILES string of the molecule is COc1cc(N)ccc1-n1nnnc1C(C)(C)C. The molecule has 96 valence electrons. The first kappa shape index (κ1) is 12.3. The number of nitrogens with zero attached hydrogens (tertiary/aromatic N) is 4. The van der Waals surface area contributed by atoms with Gasteiger partial charge >= 0.3 is 0 Å². The molecule has 6 nitrogen and oxygen atoms in total. The molecule has 2 aromatic rings. The van der Waals surface area contributed by atoms with Gasteiger partial charge in [0.25, 0.3) is 0 Å². The van der Waals surface area contributed by atoms with Gasteiger partial charge < -0.3 is 10.5 Å². The van der Waals surface area contributed by atoms with Gasteiger partial charge in [-0.25, -0.2) is 0 Å². The lowest BCUT2D eigenvalue weighted by Gasteiger charge is -2.18. The first-order valence-electron chi connectivity index (χ1n) is 5.66. The van der Waals surface area contributed by atoms with E-state index in [0.29, 0.717) is 11.4 Å². The molecule has 1 aromatic carbocycles. The average molecular weight is 247 g/mol. The minimum absolute atomic E-state index is 0.157. The Labute approximate surface area is 106 Å². The van der Waals surface area contributed by atoms with Crippen molar-refractivity contribution in [2.75, 3.05) is 12.8 Å². The van der Waals surface area contributed by atoms with Crippen molar-refractivity contribution in [3.63, 3.8) is 0 Å². The summed E-state index contributed by atoms with van der Waals surface area (Å²) in [5.41, 5.74) is 7.00. The van der Waals surface area contributed by atoms with Crippen LogP contribution in [0.4, 0.5) is 5.69 Å². The van der Waals surface area contributed by atoms with Crippen molar-refractivity contribution in [3.8, 4) is 11.4 Å². The summed E-state index contributed by atoms with van der Waals surface area (Å²) in [6.07, 6.45) is 0. The van der Waals surface area contributed by atoms with Crippen LogP contribution >= 0.6 is 0 Å². The van der Waals surface area contributed by atoms with E-state index >= 15 is 0 Å². The van der Waals surface area contributed by atoms with Crippen LogP contribution in [0.3, 0.4) is 0 Å². The molecule has 2 rings (SSSR count). The molecule has 0 fully saturated rings. The number of nitrogens with two attached hydrogens (primary N) is 1. The zero-order chi connectivity index (χ0) is 13.3. The van der Waals surface area contributed by atoms with E-state index in [0.717, 1.165) is 11.5 Å². The van der Waals surface area contributed by atoms with Gasteiger partial charge in [0.05, 0.1) is 7.11 Å². The smallest absolute Gasteiger partial charge is 0.162 e. The van der Waals surface area contributed by atoms with E-state index in [1.165, 1.54) is 0 Å². The molecule has 0 unspecified atom stereocenters. The molecular formula is C12H17N5O. The van der Waals surface area contributed by atoms with Crippen LogP contribution in [0.1, 0.15) is 26.6 Å². The summed E-state index contributed by atoms with van der Waals surface area (Å²) in [5, 5.41) is 11.8. The number of hydrogen-bond donors (Lipinski definition) is 1. The Morgan fingerprint density at radius 3 is 2.61 bits per heavy atom. The predicted molar refractivity (Wildman–Crippen MR) is 68.8 cm³/mol. The van der Waals surface area contributed by atoms with Crippen LogP contribution in [0.25, 0.3) is 5.69 Å². The second kappa shape index (κ2) is 4.29. The summed E-state index contributed by atoms with van der Waals surface area (Å²) in [5.74, 6) is 1.42. The zero-order valence-corrected chi connectivity index (χ0v) is 11.0. The van der Waals surface area contributed by atoms with Crippen molar-refractivity contribution in [1.82, 2.24) is 20.2 Å². The van der Waals surface area contributed by atoms with Crippen LogP contribution in [0.5, 0.6) is 5.75 Å². The summed E-state index contributed by atoms with van der Waals surface area (Å²) in [6.45, 7) is 6.16. The standard InChI is InChI=1S/C12H17N5O/c1-12(2,3)11-14-15-16-17(11)9-6-5-8(13)7-10(9)18-4/h5-7H,13H2,1-4H3. The third-order valence-corrected chi connectivity index (χ3v) is 2.57. The van der Waals surface area contributed by atoms with Gasteiger partial charge in [0.1, 0.15) is 11.4 Å². The minimum atomic E-state index is -0.157. The summed E-state index contributed by atoms with van der Waals surface area (Å²) in [6, 6.07) is 5.40. The Kier molecular flexibility index (Phi) is 2.94. The Balaban J connectivity index is 2.59. The Morgan fingerprint density at radius 1 is 1.28 bits per heavy atom. The first-order valence-corrected chi connectivity index (χ1v) is 5.66. The lowest BCUT2D eigenvalue weighted by molar-refractivity contribution is 0.409. The molecule has 0 spiro atoms. The van der Waals surface area contributed by atoms with Crippen LogP contribution in [0.15, 0.2) is 18.2 Å². The molecule has 2 N–H and O–H groups in total. The minimum Gasteiger partial charge on any atom is -0.494 e. The van der Waals surface area contributed by atoms with Gasteiger partial charge in [-0.1, -0.05) is 20.8 Å². The highest BCUT2D eigenvalue weighted by Gasteiger charge is 2.24. The third-order valence-electron chi connectivity index (χ3n) is 2.57. The van der Waals surface area contributed by atoms with Crippen molar-refractivity contribution in [2.24, 2.45) is 0 Å². The fourth-order valence-electron chi connectivity index (χ4n) is 1.69. The Bertz CT molecular complexity index is 556. The maximum atomic E-state index is 5.74. The summed E-state index contributed by atoms with van der Waals surface area (Å²) in [7, 11) is 1.60. The number of hydrogen-bond acceptors (Lipinski definition) is 5. The highest BCUT2D eigenvalue weighted by molar-refractivity contribution is 5.55. The van der Waals surface area contributed by atoms with E-state index < -0.39 is 0 Å². The van der Waals surface area contributed by atoms with E-state index in [-0.39, 0.29) is 5.41 Å². The van der Waals surface area contributed by atoms with E-state index in [9.17, 15) is 0 Å². The van der Waals surface area contributed by atoms with Crippen LogP contribution in [0.2, 0.25) is 0 Å². The summed E-state index contributed by atoms with van der Waals surface area (Å²) in [4.78, 5) is 0. The number of methoxy groups -OCH3 is 1. The summed E-state index contributed by atoms with van der Waals surface area (Å²) < 4.78 is 7.00. The van der Waals surface area contributed by atoms with Gasteiger partial charge in [-0.05, 0) is 22.6 Å². The lowest BCUT2D eigenvalue weighted by Crippen LogP contribution is -2.19. The van der Waals surface area contributed by atoms with Crippen LogP contribution in [-0.2, 0) is 5.41 Å². The monoisotopic (exact) mass is 247 g/mol. The average Bonchev–Trinajstić information content (AvgIpc) is 2.77. The molecule has 0 aliphatic heterocycles. The summed E-state index contributed by atoms with van der Waals surface area (Å²) >= 11 is 0. The molecular weight excluding hydrogens is 230 g/mol. The van der Waals surface area contributed by atoms with E-state index in [1.807, 2.05) is 6.07 Å². The van der Waals surface area contributed by atoms with Crippen molar-refractivity contribution in [3.05, 3.63) is 24.0 Å². The van der Waals surface area contributed by atoms with Crippen molar-refractivity contribution >= 4 is 5.69 Å². The first-order chi connectivity index (χ1) is 8.43. The van der Waals surface area contributed by atoms with Gasteiger partial charge in [-0.2, -0.15) is 4.68 Å². The van der Waals surface area contributed by atoms with Crippen molar-refractivity contribution in [1.29, 1.82) is 0 Å². The van der Waals surface area contributed by atoms with Gasteiger partial charge in [0, 0.05) is 17.2 Å². The molecule has 0 bridgehead atoms. The maximum Gasteiger partial charge on any atom is 0.162 e. The van der Waals surface area contributed by atoms with E-state index in [2.05, 4.69) is 36.3 Å². The number of rotatable bonds is 2. The second-order valence-electron chi connectivity index (χ2n) is 5.10. The Morgan fingerprint density at radius 2 is 2.00 bits per heavy atom. The molecule has 0 saturated heterocycles. The molecule has 0 atom stereocenters. The van der Waals surface area contributed by atoms with Crippen molar-refractivity contribution in [2.45, 2.75) is 26.2 Å². The van der Waals surface area contributed by atoms with Gasteiger partial charge in [0.15, 0.2) is 5.82 Å². The highest BCUT2D eigenvalue weighted by Crippen LogP contribution is 2.28. The quantitative estimate of drug-likeness (QED) is 0.814. The lowest BCUT2D eigenvalue weighted by atomic mass is 9.95. The van der Waals surface area contributed by atoms with Gasteiger partial charge in [-0.3, -0.25) is 0 Å². The molecule has 1 aromatic heterocycles. The van der Waals surface area contributed by atoms with Gasteiger partial charge in [0.2, 0.25) is 0 Å². The molecule has 0 amide bonds. The molecule has 0 saturated carbocycles. The molecule has 1 heterocycles. The number of tetrazole rings is 1. The van der Waals surface area contributed by atoms with Gasteiger partial charge in [-0.15, -0.1) is 5.10 Å². The van der Waals surface area contributed by atoms with E-state index in [4.69, 9.17) is 10.5 Å². The maximum absolute atomic E-state index is 5.74. The number of nitrogen functional groups attached to an aromatic ring is 1. The molecule has 6 heteroatoms. The zero-order valence-electron chi connectivity index (χ0n) is 11.0. The fourth-order valence-corrected chi connectivity index (χ4v) is 1.69. The highest BCUT2D eigenvalue weighted by atomic mass is 16.5. The second-order valence-corrected chi connectivity index (χ2v) is 5.10. The molecule has 18 heavy (non-hydrogen) atoms. The third kappa shape index (κ3) is 2.13. The normalized spacial score (nSPS) is 11.6. The number of ether oxygens (including phenoxy) is 1. The van der Waals surface area contributed by atoms with E-state index in [1.54, 1.807) is 23.9 Å². The number of anilines is 1. The number of benzene rings is 1. The van der Waals surface area contributed by atoms with Crippen LogP contribution in [-0.4, -0.2) is 27.3 Å². The fraction of sp³-hybridized carbons (Fsp3) is 0.417. The topological polar surface area (TPSA) is 78.9 Å². The Hall–Kier alpha value is -2.11. The number of aromatic nitrogens is 4. The molecule has 0 radical (unpaired) electrons.